The highest BCUT2D eigenvalue weighted by Crippen LogP contribution is 2.22. The molecule has 17 heavy (non-hydrogen) atoms. The Hall–Kier alpha value is -1.06. The Morgan fingerprint density at radius 2 is 2.12 bits per heavy atom. The van der Waals surface area contributed by atoms with Crippen molar-refractivity contribution >= 4 is 0 Å². The Balaban J connectivity index is 1.80. The van der Waals surface area contributed by atoms with Crippen LogP contribution in [0.4, 0.5) is 0 Å². The van der Waals surface area contributed by atoms with Gasteiger partial charge in [-0.05, 0) is 38.4 Å². The fourth-order valence-corrected chi connectivity index (χ4v) is 2.36. The summed E-state index contributed by atoms with van der Waals surface area (Å²) in [7, 11) is 0. The SMILES string of the molecule is Cc1ccc(OCCC2(CN)CCCN2)cc1. The number of nitrogens with two attached hydrogens (primary N) is 1. The molecular formula is C14H22N2O. The predicted octanol–water partition coefficient (Wildman–Crippen LogP) is 1.84. The fourth-order valence-electron chi connectivity index (χ4n) is 2.36. The van der Waals surface area contributed by atoms with E-state index in [1.165, 1.54) is 18.4 Å². The van der Waals surface area contributed by atoms with E-state index in [0.29, 0.717) is 6.54 Å². The van der Waals surface area contributed by atoms with Gasteiger partial charge in [0, 0.05) is 18.5 Å². The molecule has 94 valence electrons. The minimum Gasteiger partial charge on any atom is -0.494 e. The second-order valence-corrected chi connectivity index (χ2v) is 4.93. The van der Waals surface area contributed by atoms with E-state index in [4.69, 9.17) is 10.5 Å². The van der Waals surface area contributed by atoms with Crippen molar-refractivity contribution in [3.8, 4) is 5.75 Å². The van der Waals surface area contributed by atoms with Crippen LogP contribution in [-0.2, 0) is 0 Å². The summed E-state index contributed by atoms with van der Waals surface area (Å²) in [6.07, 6.45) is 3.37. The summed E-state index contributed by atoms with van der Waals surface area (Å²) < 4.78 is 5.75. The van der Waals surface area contributed by atoms with Crippen molar-refractivity contribution in [3.05, 3.63) is 29.8 Å². The quantitative estimate of drug-likeness (QED) is 0.817. The molecule has 1 saturated heterocycles. The fraction of sp³-hybridized carbons (Fsp3) is 0.571. The lowest BCUT2D eigenvalue weighted by Crippen LogP contribution is -2.47. The van der Waals surface area contributed by atoms with Crippen LogP contribution in [-0.4, -0.2) is 25.2 Å². The van der Waals surface area contributed by atoms with E-state index in [2.05, 4.69) is 24.4 Å². The van der Waals surface area contributed by atoms with Gasteiger partial charge in [0.05, 0.1) is 6.61 Å². The van der Waals surface area contributed by atoms with Crippen molar-refractivity contribution in [2.45, 2.75) is 31.7 Å². The van der Waals surface area contributed by atoms with Crippen molar-refractivity contribution in [3.63, 3.8) is 0 Å². The van der Waals surface area contributed by atoms with Crippen LogP contribution in [0.1, 0.15) is 24.8 Å². The normalized spacial score (nSPS) is 23.9. The zero-order valence-electron chi connectivity index (χ0n) is 10.5. The number of benzene rings is 1. The Labute approximate surface area is 103 Å². The Bertz CT molecular complexity index is 342. The van der Waals surface area contributed by atoms with Gasteiger partial charge in [0.1, 0.15) is 5.75 Å². The first-order valence-corrected chi connectivity index (χ1v) is 6.39. The van der Waals surface area contributed by atoms with Gasteiger partial charge >= 0.3 is 0 Å². The zero-order chi connectivity index (χ0) is 12.1. The van der Waals surface area contributed by atoms with Gasteiger partial charge in [-0.25, -0.2) is 0 Å². The molecule has 3 nitrogen and oxygen atoms in total. The molecule has 3 heteroatoms. The summed E-state index contributed by atoms with van der Waals surface area (Å²) in [5.41, 5.74) is 7.22. The standard InChI is InChI=1S/C14H22N2O/c1-12-3-5-13(6-4-12)17-10-8-14(11-15)7-2-9-16-14/h3-6,16H,2,7-11,15H2,1H3. The minimum absolute atomic E-state index is 0.116. The molecule has 3 N–H and O–H groups in total. The number of aryl methyl sites for hydroxylation is 1. The highest BCUT2D eigenvalue weighted by atomic mass is 16.5. The maximum Gasteiger partial charge on any atom is 0.119 e. The molecule has 0 aliphatic carbocycles. The van der Waals surface area contributed by atoms with Crippen molar-refractivity contribution in [2.75, 3.05) is 19.7 Å². The van der Waals surface area contributed by atoms with Crippen molar-refractivity contribution in [1.29, 1.82) is 0 Å². The Kier molecular flexibility index (Phi) is 4.02. The maximum absolute atomic E-state index is 5.85. The molecule has 1 aliphatic rings. The third-order valence-electron chi connectivity index (χ3n) is 3.59. The van der Waals surface area contributed by atoms with Crippen LogP contribution in [0.3, 0.4) is 0 Å². The van der Waals surface area contributed by atoms with Gasteiger partial charge in [-0.1, -0.05) is 17.7 Å². The first-order chi connectivity index (χ1) is 8.24. The van der Waals surface area contributed by atoms with Crippen molar-refractivity contribution in [2.24, 2.45) is 5.73 Å². The molecule has 1 aromatic rings. The lowest BCUT2D eigenvalue weighted by atomic mass is 9.94. The summed E-state index contributed by atoms with van der Waals surface area (Å²) in [6, 6.07) is 8.18. The van der Waals surface area contributed by atoms with E-state index < -0.39 is 0 Å². The molecule has 0 bridgehead atoms. The second kappa shape index (κ2) is 5.52. The van der Waals surface area contributed by atoms with Crippen LogP contribution in [0.5, 0.6) is 5.75 Å². The zero-order valence-corrected chi connectivity index (χ0v) is 10.5. The van der Waals surface area contributed by atoms with Gasteiger partial charge < -0.3 is 15.8 Å². The lowest BCUT2D eigenvalue weighted by Gasteiger charge is -2.27. The molecule has 1 atom stereocenters. The lowest BCUT2D eigenvalue weighted by molar-refractivity contribution is 0.244. The number of nitrogens with one attached hydrogen (secondary N) is 1. The maximum atomic E-state index is 5.85. The highest BCUT2D eigenvalue weighted by Gasteiger charge is 2.31. The van der Waals surface area contributed by atoms with Crippen LogP contribution in [0.2, 0.25) is 0 Å². The largest absolute Gasteiger partial charge is 0.494 e. The summed E-state index contributed by atoms with van der Waals surface area (Å²) in [4.78, 5) is 0. The summed E-state index contributed by atoms with van der Waals surface area (Å²) in [6.45, 7) is 4.59. The molecule has 0 spiro atoms. The van der Waals surface area contributed by atoms with Gasteiger partial charge in [0.15, 0.2) is 0 Å². The molecule has 0 aromatic heterocycles. The second-order valence-electron chi connectivity index (χ2n) is 4.93. The van der Waals surface area contributed by atoms with E-state index in [-0.39, 0.29) is 5.54 Å². The Morgan fingerprint density at radius 1 is 1.35 bits per heavy atom. The average Bonchev–Trinajstić information content (AvgIpc) is 2.81. The number of hydrogen-bond donors (Lipinski definition) is 2. The number of rotatable bonds is 5. The van der Waals surface area contributed by atoms with Crippen LogP contribution in [0, 0.1) is 6.92 Å². The number of hydrogen-bond acceptors (Lipinski definition) is 3. The average molecular weight is 234 g/mol. The van der Waals surface area contributed by atoms with Crippen LogP contribution in [0.15, 0.2) is 24.3 Å². The topological polar surface area (TPSA) is 47.3 Å². The molecule has 1 aliphatic heterocycles. The molecular weight excluding hydrogens is 212 g/mol. The van der Waals surface area contributed by atoms with Gasteiger partial charge in [-0.3, -0.25) is 0 Å². The molecule has 0 amide bonds. The monoisotopic (exact) mass is 234 g/mol. The predicted molar refractivity (Wildman–Crippen MR) is 70.3 cm³/mol. The molecule has 1 unspecified atom stereocenters. The Morgan fingerprint density at radius 3 is 2.71 bits per heavy atom. The van der Waals surface area contributed by atoms with E-state index in [9.17, 15) is 0 Å². The third-order valence-corrected chi connectivity index (χ3v) is 3.59. The third kappa shape index (κ3) is 3.20. The smallest absolute Gasteiger partial charge is 0.119 e. The summed E-state index contributed by atoms with van der Waals surface area (Å²) >= 11 is 0. The highest BCUT2D eigenvalue weighted by molar-refractivity contribution is 5.26. The van der Waals surface area contributed by atoms with Gasteiger partial charge in [0.25, 0.3) is 0 Å². The first kappa shape index (κ1) is 12.4. The minimum atomic E-state index is 0.116. The van der Waals surface area contributed by atoms with Crippen molar-refractivity contribution < 1.29 is 4.74 Å². The molecule has 1 heterocycles. The van der Waals surface area contributed by atoms with Gasteiger partial charge in [-0.2, -0.15) is 0 Å². The van der Waals surface area contributed by atoms with Gasteiger partial charge in [0.2, 0.25) is 0 Å². The summed E-state index contributed by atoms with van der Waals surface area (Å²) in [5, 5.41) is 3.51. The van der Waals surface area contributed by atoms with E-state index >= 15 is 0 Å². The molecule has 2 rings (SSSR count). The van der Waals surface area contributed by atoms with Crippen LogP contribution in [0.25, 0.3) is 0 Å². The molecule has 0 saturated carbocycles. The van der Waals surface area contributed by atoms with Crippen molar-refractivity contribution in [1.82, 2.24) is 5.32 Å². The van der Waals surface area contributed by atoms with Crippen LogP contribution >= 0.6 is 0 Å². The van der Waals surface area contributed by atoms with E-state index in [1.54, 1.807) is 0 Å². The first-order valence-electron chi connectivity index (χ1n) is 6.39. The van der Waals surface area contributed by atoms with Crippen LogP contribution < -0.4 is 15.8 Å². The number of ether oxygens (including phenoxy) is 1. The molecule has 0 radical (unpaired) electrons. The van der Waals surface area contributed by atoms with E-state index in [1.807, 2.05) is 12.1 Å². The summed E-state index contributed by atoms with van der Waals surface area (Å²) in [5.74, 6) is 0.945. The van der Waals surface area contributed by atoms with E-state index in [0.717, 1.165) is 25.3 Å². The molecule has 1 fully saturated rings. The van der Waals surface area contributed by atoms with Gasteiger partial charge in [-0.15, -0.1) is 0 Å². The molecule has 1 aromatic carbocycles.